The van der Waals surface area contributed by atoms with Gasteiger partial charge >= 0.3 is 5.97 Å². The van der Waals surface area contributed by atoms with Gasteiger partial charge in [0.25, 0.3) is 5.56 Å². The van der Waals surface area contributed by atoms with E-state index in [9.17, 15) is 14.7 Å². The van der Waals surface area contributed by atoms with Gasteiger partial charge in [-0.1, -0.05) is 6.92 Å². The Hall–Kier alpha value is -2.91. The van der Waals surface area contributed by atoms with E-state index >= 15 is 4.39 Å². The van der Waals surface area contributed by atoms with Crippen LogP contribution >= 0.6 is 0 Å². The molecular weight excluding hydrogens is 433 g/mol. The number of fused-ring (bicyclic) bond motifs is 3. The normalized spacial score (nSPS) is 20.3. The summed E-state index contributed by atoms with van der Waals surface area (Å²) < 4.78 is 39.0. The first-order chi connectivity index (χ1) is 15.8. The van der Waals surface area contributed by atoms with E-state index in [0.29, 0.717) is 48.8 Å². The topological polar surface area (TPSA) is 96.2 Å². The second-order valence-electron chi connectivity index (χ2n) is 9.19. The van der Waals surface area contributed by atoms with E-state index in [2.05, 4.69) is 0 Å². The molecular formula is C24H26FNO7. The van der Waals surface area contributed by atoms with Crippen LogP contribution in [0.2, 0.25) is 0 Å². The Kier molecular flexibility index (Phi) is 5.41. The molecule has 0 radical (unpaired) electrons. The van der Waals surface area contributed by atoms with Crippen LogP contribution in [0, 0.1) is 11.2 Å². The van der Waals surface area contributed by atoms with Gasteiger partial charge in [-0.25, -0.2) is 9.18 Å². The van der Waals surface area contributed by atoms with Crippen LogP contribution in [0.25, 0.3) is 11.3 Å². The highest BCUT2D eigenvalue weighted by atomic mass is 19.1. The maximum Gasteiger partial charge on any atom is 0.341 e. The summed E-state index contributed by atoms with van der Waals surface area (Å²) >= 11 is 0. The molecule has 1 atom stereocenters. The molecule has 0 spiro atoms. The van der Waals surface area contributed by atoms with E-state index in [4.69, 9.17) is 18.9 Å². The Morgan fingerprint density at radius 2 is 2.03 bits per heavy atom. The Morgan fingerprint density at radius 1 is 1.27 bits per heavy atom. The number of carboxylic acid groups (broad SMARTS) is 1. The third kappa shape index (κ3) is 3.69. The molecule has 1 aromatic carbocycles. The SMILES string of the molecule is COCCCOc1cc2c(cc1F)-c1c(cc(C(=O)O)c(=O)n1C1CC1)C(C1(C)COC1)O2. The van der Waals surface area contributed by atoms with Gasteiger partial charge in [0.2, 0.25) is 0 Å². The van der Waals surface area contributed by atoms with Gasteiger partial charge in [-0.2, -0.15) is 0 Å². The van der Waals surface area contributed by atoms with Crippen LogP contribution in [0.3, 0.4) is 0 Å². The molecule has 1 saturated carbocycles. The molecule has 5 rings (SSSR count). The zero-order chi connectivity index (χ0) is 23.3. The zero-order valence-corrected chi connectivity index (χ0v) is 18.6. The molecule has 3 heterocycles. The second-order valence-corrected chi connectivity index (χ2v) is 9.19. The zero-order valence-electron chi connectivity index (χ0n) is 18.6. The molecule has 1 saturated heterocycles. The van der Waals surface area contributed by atoms with Crippen LogP contribution in [0.1, 0.15) is 54.3 Å². The molecule has 8 nitrogen and oxygen atoms in total. The molecule has 0 bridgehead atoms. The number of aromatic nitrogens is 1. The molecule has 9 heteroatoms. The first-order valence-corrected chi connectivity index (χ1v) is 11.1. The molecule has 1 aliphatic carbocycles. The first kappa shape index (κ1) is 21.9. The van der Waals surface area contributed by atoms with Crippen LogP contribution in [-0.4, -0.2) is 49.2 Å². The van der Waals surface area contributed by atoms with Gasteiger partial charge in [0.15, 0.2) is 11.6 Å². The molecule has 1 aromatic heterocycles. The van der Waals surface area contributed by atoms with Crippen molar-refractivity contribution in [2.45, 2.75) is 38.3 Å². The Morgan fingerprint density at radius 3 is 2.64 bits per heavy atom. The van der Waals surface area contributed by atoms with Gasteiger partial charge in [0, 0.05) is 43.4 Å². The van der Waals surface area contributed by atoms with E-state index in [1.165, 1.54) is 22.8 Å². The first-order valence-electron chi connectivity index (χ1n) is 11.1. The standard InChI is InChI=1S/C24H26FNO7/c1-24(11-31-12-24)21-15-8-16(23(28)29)22(27)26(13-4-5-13)20(15)14-9-17(25)19(10-18(14)33-21)32-7-3-6-30-2/h8-10,13,21H,3-7,11-12H2,1-2H3,(H,28,29). The van der Waals surface area contributed by atoms with Crippen molar-refractivity contribution in [1.82, 2.24) is 4.57 Å². The number of hydrogen-bond donors (Lipinski definition) is 1. The number of benzene rings is 1. The van der Waals surface area contributed by atoms with Crippen LogP contribution < -0.4 is 15.0 Å². The molecule has 1 N–H and O–H groups in total. The highest BCUT2D eigenvalue weighted by Gasteiger charge is 2.48. The van der Waals surface area contributed by atoms with Crippen LogP contribution in [0.4, 0.5) is 4.39 Å². The van der Waals surface area contributed by atoms with Gasteiger partial charge in [-0.15, -0.1) is 0 Å². The van der Waals surface area contributed by atoms with Crippen molar-refractivity contribution in [2.24, 2.45) is 5.41 Å². The Bertz CT molecular complexity index is 1170. The number of ether oxygens (including phenoxy) is 4. The van der Waals surface area contributed by atoms with Crippen molar-refractivity contribution in [3.63, 3.8) is 0 Å². The molecule has 3 aliphatic rings. The fraction of sp³-hybridized carbons (Fsp3) is 0.500. The molecule has 2 aromatic rings. The average molecular weight is 459 g/mol. The lowest BCUT2D eigenvalue weighted by Crippen LogP contribution is -2.48. The summed E-state index contributed by atoms with van der Waals surface area (Å²) in [6.07, 6.45) is 1.58. The molecule has 176 valence electrons. The van der Waals surface area contributed by atoms with Crippen molar-refractivity contribution in [2.75, 3.05) is 33.5 Å². The summed E-state index contributed by atoms with van der Waals surface area (Å²) in [7, 11) is 1.59. The number of rotatable bonds is 8. The lowest BCUT2D eigenvalue weighted by molar-refractivity contribution is -0.156. The predicted octanol–water partition coefficient (Wildman–Crippen LogP) is 3.57. The largest absolute Gasteiger partial charge is 0.490 e. The van der Waals surface area contributed by atoms with Crippen molar-refractivity contribution >= 4 is 5.97 Å². The molecule has 33 heavy (non-hydrogen) atoms. The Balaban J connectivity index is 1.68. The van der Waals surface area contributed by atoms with E-state index in [1.807, 2.05) is 6.92 Å². The van der Waals surface area contributed by atoms with Crippen LogP contribution in [0.15, 0.2) is 23.0 Å². The van der Waals surface area contributed by atoms with Crippen LogP contribution in [-0.2, 0) is 9.47 Å². The van der Waals surface area contributed by atoms with Crippen molar-refractivity contribution in [1.29, 1.82) is 0 Å². The van der Waals surface area contributed by atoms with E-state index in [1.54, 1.807) is 7.11 Å². The van der Waals surface area contributed by atoms with Crippen molar-refractivity contribution in [3.05, 3.63) is 45.5 Å². The van der Waals surface area contributed by atoms with Gasteiger partial charge in [-0.3, -0.25) is 4.79 Å². The van der Waals surface area contributed by atoms with Gasteiger partial charge in [0.05, 0.1) is 30.9 Å². The van der Waals surface area contributed by atoms with E-state index in [-0.39, 0.29) is 24.0 Å². The van der Waals surface area contributed by atoms with E-state index < -0.39 is 28.9 Å². The van der Waals surface area contributed by atoms with Gasteiger partial charge in [-0.05, 0) is 25.0 Å². The highest BCUT2D eigenvalue weighted by Crippen LogP contribution is 2.53. The lowest BCUT2D eigenvalue weighted by atomic mass is 9.76. The van der Waals surface area contributed by atoms with Gasteiger partial charge in [0.1, 0.15) is 17.4 Å². The number of nitrogens with zero attached hydrogens (tertiary/aromatic N) is 1. The number of methoxy groups -OCH3 is 1. The molecule has 2 aliphatic heterocycles. The van der Waals surface area contributed by atoms with Crippen molar-refractivity contribution in [3.8, 4) is 22.8 Å². The predicted molar refractivity (Wildman–Crippen MR) is 116 cm³/mol. The summed E-state index contributed by atoms with van der Waals surface area (Å²) in [6, 6.07) is 4.11. The third-order valence-corrected chi connectivity index (χ3v) is 6.47. The smallest absolute Gasteiger partial charge is 0.341 e. The number of carbonyl (C=O) groups is 1. The molecule has 2 fully saturated rings. The summed E-state index contributed by atoms with van der Waals surface area (Å²) in [5.41, 5.74) is 0.225. The minimum Gasteiger partial charge on any atom is -0.490 e. The summed E-state index contributed by atoms with van der Waals surface area (Å²) in [5.74, 6) is -1.40. The number of pyridine rings is 1. The quantitative estimate of drug-likeness (QED) is 0.603. The maximum absolute atomic E-state index is 15.0. The number of aromatic carboxylic acids is 1. The number of carboxylic acids is 1. The monoisotopic (exact) mass is 459 g/mol. The van der Waals surface area contributed by atoms with Gasteiger partial charge < -0.3 is 28.6 Å². The maximum atomic E-state index is 15.0. The third-order valence-electron chi connectivity index (χ3n) is 6.47. The average Bonchev–Trinajstić information content (AvgIpc) is 3.59. The van der Waals surface area contributed by atoms with E-state index in [0.717, 1.165) is 12.8 Å². The molecule has 1 unspecified atom stereocenters. The second kappa shape index (κ2) is 8.14. The minimum absolute atomic E-state index is 0.0598. The minimum atomic E-state index is -1.29. The lowest BCUT2D eigenvalue weighted by Gasteiger charge is -2.46. The Labute approximate surface area is 189 Å². The molecule has 0 amide bonds. The summed E-state index contributed by atoms with van der Waals surface area (Å²) in [5, 5.41) is 9.69. The van der Waals surface area contributed by atoms with Crippen LogP contribution in [0.5, 0.6) is 11.5 Å². The number of halogens is 1. The fourth-order valence-corrected chi connectivity index (χ4v) is 4.57. The summed E-state index contributed by atoms with van der Waals surface area (Å²) in [4.78, 5) is 25.0. The van der Waals surface area contributed by atoms with Crippen molar-refractivity contribution < 1.29 is 33.2 Å². The highest BCUT2D eigenvalue weighted by molar-refractivity contribution is 5.89. The number of hydrogen-bond acceptors (Lipinski definition) is 6. The fourth-order valence-electron chi connectivity index (χ4n) is 4.57. The summed E-state index contributed by atoms with van der Waals surface area (Å²) in [6.45, 7) is 3.63.